The molecule has 0 radical (unpaired) electrons. The summed E-state index contributed by atoms with van der Waals surface area (Å²) >= 11 is 2.28. The summed E-state index contributed by atoms with van der Waals surface area (Å²) in [5.41, 5.74) is 1.52. The van der Waals surface area contributed by atoms with E-state index in [1.807, 2.05) is 0 Å². The molecular weight excluding hydrogens is 242 g/mol. The van der Waals surface area contributed by atoms with Gasteiger partial charge >= 0.3 is 0 Å². The predicted molar refractivity (Wildman–Crippen MR) is 85.0 cm³/mol. The smallest absolute Gasteiger partial charge is 0.108 e. The lowest BCUT2D eigenvalue weighted by atomic mass is 9.98. The lowest BCUT2D eigenvalue weighted by Crippen LogP contribution is -2.25. The van der Waals surface area contributed by atoms with Crippen molar-refractivity contribution in [1.82, 2.24) is 0 Å². The maximum absolute atomic E-state index is 4.82. The molecule has 0 bridgehead atoms. The highest BCUT2D eigenvalue weighted by atomic mass is 32.4. The fourth-order valence-electron chi connectivity index (χ4n) is 2.34. The van der Waals surface area contributed by atoms with Crippen LogP contribution in [-0.2, 0) is 0 Å². The quantitative estimate of drug-likeness (QED) is 0.482. The molecule has 1 nitrogen and oxygen atoms in total. The Bertz CT molecular complexity index is 245. The Balaban J connectivity index is 2.33. The zero-order valence-corrected chi connectivity index (χ0v) is 13.9. The molecule has 0 aromatic rings. The molecule has 1 atom stereocenters. The van der Waals surface area contributed by atoms with Gasteiger partial charge in [-0.25, -0.2) is 0 Å². The number of nitrogens with zero attached hydrogens (tertiary/aromatic N) is 1. The van der Waals surface area contributed by atoms with E-state index in [0.717, 1.165) is 11.8 Å². The van der Waals surface area contributed by atoms with E-state index in [0.29, 0.717) is 0 Å². The minimum atomic E-state index is -0.956. The van der Waals surface area contributed by atoms with Gasteiger partial charge in [0.25, 0.3) is 0 Å². The molecule has 0 aromatic carbocycles. The third-order valence-electron chi connectivity index (χ3n) is 3.07. The molecular formula is C14H29NSSi. The monoisotopic (exact) mass is 271 g/mol. The summed E-state index contributed by atoms with van der Waals surface area (Å²) < 4.78 is 0. The van der Waals surface area contributed by atoms with Crippen LogP contribution in [0.25, 0.3) is 0 Å². The third kappa shape index (κ3) is 7.30. The summed E-state index contributed by atoms with van der Waals surface area (Å²) in [4.78, 5) is 4.82. The van der Waals surface area contributed by atoms with Crippen LogP contribution in [0.1, 0.15) is 51.9 Å². The first-order chi connectivity index (χ1) is 8.01. The van der Waals surface area contributed by atoms with E-state index < -0.39 is 7.22 Å². The largest absolute Gasteiger partial charge is 0.294 e. The van der Waals surface area contributed by atoms with Crippen LogP contribution in [0.15, 0.2) is 4.99 Å². The van der Waals surface area contributed by atoms with Crippen LogP contribution in [0, 0.1) is 0 Å². The first-order valence-electron chi connectivity index (χ1n) is 7.21. The highest BCUT2D eigenvalue weighted by Crippen LogP contribution is 2.33. The van der Waals surface area contributed by atoms with Crippen molar-refractivity contribution in [2.75, 3.05) is 6.54 Å². The van der Waals surface area contributed by atoms with E-state index in [4.69, 9.17) is 4.99 Å². The second kappa shape index (κ2) is 7.62. The first kappa shape index (κ1) is 15.3. The van der Waals surface area contributed by atoms with Gasteiger partial charge in [0.05, 0.1) is 0 Å². The molecule has 0 heterocycles. The number of hydrogen-bond donors (Lipinski definition) is 0. The molecule has 1 rings (SSSR count). The molecule has 0 aliphatic heterocycles. The minimum absolute atomic E-state index is 0.875. The molecule has 0 saturated heterocycles. The van der Waals surface area contributed by atoms with Gasteiger partial charge in [0.2, 0.25) is 0 Å². The average molecular weight is 272 g/mol. The lowest BCUT2D eigenvalue weighted by molar-refractivity contribution is 0.671. The van der Waals surface area contributed by atoms with Crippen LogP contribution in [0.4, 0.5) is 0 Å². The third-order valence-corrected chi connectivity index (χ3v) is 7.64. The summed E-state index contributed by atoms with van der Waals surface area (Å²) in [7, 11) is -0.956. The van der Waals surface area contributed by atoms with Crippen molar-refractivity contribution in [1.29, 1.82) is 0 Å². The Morgan fingerprint density at radius 3 is 2.71 bits per heavy atom. The Morgan fingerprint density at radius 1 is 1.29 bits per heavy atom. The molecule has 1 unspecified atom stereocenters. The summed E-state index contributed by atoms with van der Waals surface area (Å²) in [6.07, 6.45) is 9.27. The van der Waals surface area contributed by atoms with Crippen molar-refractivity contribution in [2.45, 2.75) is 76.8 Å². The molecule has 1 aliphatic carbocycles. The number of aliphatic imine (C=N–C) groups is 1. The fraction of sp³-hybridized carbons (Fsp3) is 0.929. The van der Waals surface area contributed by atoms with E-state index in [9.17, 15) is 0 Å². The van der Waals surface area contributed by atoms with Crippen LogP contribution in [0.3, 0.4) is 0 Å². The summed E-state index contributed by atoms with van der Waals surface area (Å²) in [5.74, 6) is 0. The van der Waals surface area contributed by atoms with E-state index >= 15 is 0 Å². The minimum Gasteiger partial charge on any atom is -0.294 e. The van der Waals surface area contributed by atoms with Gasteiger partial charge in [-0.2, -0.15) is 11.2 Å². The SMILES string of the molecule is CCCCC/N=C1\CCCC(S[Si](C)(C)C)C1. The van der Waals surface area contributed by atoms with Gasteiger partial charge in [-0.3, -0.25) is 4.99 Å². The topological polar surface area (TPSA) is 12.4 Å². The highest BCUT2D eigenvalue weighted by Gasteiger charge is 2.24. The molecule has 3 heteroatoms. The Kier molecular flexibility index (Phi) is 6.86. The second-order valence-corrected chi connectivity index (χ2v) is 15.6. The van der Waals surface area contributed by atoms with Crippen molar-refractivity contribution in [3.63, 3.8) is 0 Å². The first-order valence-corrected chi connectivity index (χ1v) is 12.3. The van der Waals surface area contributed by atoms with Crippen LogP contribution in [0.2, 0.25) is 19.6 Å². The zero-order valence-electron chi connectivity index (χ0n) is 12.1. The number of rotatable bonds is 6. The molecule has 1 saturated carbocycles. The maximum Gasteiger partial charge on any atom is 0.108 e. The highest BCUT2D eigenvalue weighted by molar-refractivity contribution is 8.29. The predicted octanol–water partition coefficient (Wildman–Crippen LogP) is 5.13. The maximum atomic E-state index is 4.82. The standard InChI is InChI=1S/C14H29NSSi/c1-5-6-7-11-15-13-9-8-10-14(12-13)16-17(2,3)4/h14H,5-12H2,1-4H3/b15-13+. The summed E-state index contributed by atoms with van der Waals surface area (Å²) in [6.45, 7) is 10.7. The number of unbranched alkanes of at least 4 members (excludes halogenated alkanes) is 2. The molecule has 100 valence electrons. The second-order valence-electron chi connectivity index (χ2n) is 6.10. The van der Waals surface area contributed by atoms with E-state index in [2.05, 4.69) is 37.8 Å². The van der Waals surface area contributed by atoms with E-state index in [1.165, 1.54) is 50.7 Å². The van der Waals surface area contributed by atoms with Gasteiger partial charge in [0.1, 0.15) is 7.22 Å². The lowest BCUT2D eigenvalue weighted by Gasteiger charge is -2.28. The van der Waals surface area contributed by atoms with Crippen LogP contribution >= 0.6 is 11.2 Å². The zero-order chi connectivity index (χ0) is 12.7. The normalized spacial score (nSPS) is 24.2. The van der Waals surface area contributed by atoms with Crippen molar-refractivity contribution in [2.24, 2.45) is 4.99 Å². The van der Waals surface area contributed by atoms with E-state index in [1.54, 1.807) is 0 Å². The summed E-state index contributed by atoms with van der Waals surface area (Å²) in [6, 6.07) is 0. The van der Waals surface area contributed by atoms with Gasteiger partial charge in [-0.1, -0.05) is 39.4 Å². The van der Waals surface area contributed by atoms with Crippen molar-refractivity contribution in [3.05, 3.63) is 0 Å². The molecule has 0 aromatic heterocycles. The molecule has 17 heavy (non-hydrogen) atoms. The molecule has 1 fully saturated rings. The Morgan fingerprint density at radius 2 is 2.06 bits per heavy atom. The molecule has 1 aliphatic rings. The number of hydrogen-bond acceptors (Lipinski definition) is 2. The van der Waals surface area contributed by atoms with Crippen molar-refractivity contribution >= 4 is 24.1 Å². The van der Waals surface area contributed by atoms with Crippen LogP contribution in [0.5, 0.6) is 0 Å². The van der Waals surface area contributed by atoms with Crippen LogP contribution < -0.4 is 0 Å². The molecule has 0 amide bonds. The van der Waals surface area contributed by atoms with Gasteiger partial charge in [0.15, 0.2) is 0 Å². The van der Waals surface area contributed by atoms with Gasteiger partial charge in [0, 0.05) is 17.5 Å². The van der Waals surface area contributed by atoms with Gasteiger partial charge in [-0.05, 0) is 32.1 Å². The fourth-order valence-corrected chi connectivity index (χ4v) is 7.51. The van der Waals surface area contributed by atoms with Crippen molar-refractivity contribution in [3.8, 4) is 0 Å². The van der Waals surface area contributed by atoms with Crippen LogP contribution in [-0.4, -0.2) is 24.7 Å². The van der Waals surface area contributed by atoms with Gasteiger partial charge < -0.3 is 0 Å². The molecule has 0 spiro atoms. The Hall–Kier alpha value is 0.237. The van der Waals surface area contributed by atoms with Gasteiger partial charge in [-0.15, -0.1) is 0 Å². The summed E-state index contributed by atoms with van der Waals surface area (Å²) in [5, 5.41) is 0.875. The molecule has 0 N–H and O–H groups in total. The Labute approximate surface area is 113 Å². The van der Waals surface area contributed by atoms with Crippen molar-refractivity contribution < 1.29 is 0 Å². The average Bonchev–Trinajstić information content (AvgIpc) is 2.23. The van der Waals surface area contributed by atoms with E-state index in [-0.39, 0.29) is 0 Å².